The molecular formula is C7H7BrN2OS. The van der Waals surface area contributed by atoms with E-state index in [2.05, 4.69) is 32.8 Å². The molecule has 0 aliphatic carbocycles. The minimum atomic E-state index is -0.0909. The molecule has 1 amide bonds. The lowest BCUT2D eigenvalue weighted by molar-refractivity contribution is -0.115. The van der Waals surface area contributed by atoms with E-state index in [9.17, 15) is 4.79 Å². The molecule has 0 unspecified atom stereocenters. The zero-order valence-corrected chi connectivity index (χ0v) is 8.61. The van der Waals surface area contributed by atoms with Crippen LogP contribution in [0.5, 0.6) is 0 Å². The van der Waals surface area contributed by atoms with E-state index in [1.165, 1.54) is 11.3 Å². The third-order valence-corrected chi connectivity index (χ3v) is 2.45. The fourth-order valence-corrected chi connectivity index (χ4v) is 1.74. The van der Waals surface area contributed by atoms with Gasteiger partial charge >= 0.3 is 0 Å². The molecule has 1 N–H and O–H groups in total. The van der Waals surface area contributed by atoms with Crippen molar-refractivity contribution >= 4 is 38.3 Å². The summed E-state index contributed by atoms with van der Waals surface area (Å²) in [5.74, 6) is -0.0909. The molecule has 1 aromatic rings. The Labute approximate surface area is 82.6 Å². The largest absolute Gasteiger partial charge is 0.302 e. The number of carbonyl (C=O) groups is 1. The number of hydrogen-bond acceptors (Lipinski definition) is 3. The van der Waals surface area contributed by atoms with Gasteiger partial charge in [0, 0.05) is 6.42 Å². The average Bonchev–Trinajstić information content (AvgIpc) is 2.36. The average molecular weight is 247 g/mol. The Kier molecular flexibility index (Phi) is 3.43. The minimum Gasteiger partial charge on any atom is -0.302 e. The predicted molar refractivity (Wildman–Crippen MR) is 53.3 cm³/mol. The molecule has 5 heteroatoms. The Bertz CT molecular complexity index is 297. The number of amides is 1. The molecule has 0 aromatic carbocycles. The Morgan fingerprint density at radius 2 is 2.67 bits per heavy atom. The normalized spacial score (nSPS) is 9.42. The standard InChI is InChI=1S/C7H7BrN2OS/c1-2-3-6(11)10-7-9-4-5(8)12-7/h2,4H,1,3H2,(H,9,10,11). The van der Waals surface area contributed by atoms with Crippen LogP contribution in [-0.2, 0) is 4.79 Å². The molecule has 0 spiro atoms. The fraction of sp³-hybridized carbons (Fsp3) is 0.143. The molecule has 3 nitrogen and oxygen atoms in total. The molecule has 0 bridgehead atoms. The second kappa shape index (κ2) is 4.37. The Morgan fingerprint density at radius 3 is 3.17 bits per heavy atom. The number of carbonyl (C=O) groups excluding carboxylic acids is 1. The number of rotatable bonds is 3. The second-order valence-electron chi connectivity index (χ2n) is 2.01. The SMILES string of the molecule is C=CCC(=O)Nc1ncc(Br)s1. The van der Waals surface area contributed by atoms with Crippen molar-refractivity contribution in [3.05, 3.63) is 22.6 Å². The van der Waals surface area contributed by atoms with Gasteiger partial charge in [0.25, 0.3) is 0 Å². The van der Waals surface area contributed by atoms with Crippen LogP contribution in [0.2, 0.25) is 0 Å². The van der Waals surface area contributed by atoms with Crippen LogP contribution in [-0.4, -0.2) is 10.9 Å². The Morgan fingerprint density at radius 1 is 1.92 bits per heavy atom. The van der Waals surface area contributed by atoms with E-state index < -0.39 is 0 Å². The smallest absolute Gasteiger partial charge is 0.229 e. The van der Waals surface area contributed by atoms with Crippen molar-refractivity contribution in [3.8, 4) is 0 Å². The van der Waals surface area contributed by atoms with Crippen LogP contribution < -0.4 is 5.32 Å². The lowest BCUT2D eigenvalue weighted by Crippen LogP contribution is -2.09. The van der Waals surface area contributed by atoms with E-state index in [1.54, 1.807) is 12.3 Å². The quantitative estimate of drug-likeness (QED) is 0.833. The van der Waals surface area contributed by atoms with Crippen LogP contribution in [0, 0.1) is 0 Å². The molecular weight excluding hydrogens is 240 g/mol. The summed E-state index contributed by atoms with van der Waals surface area (Å²) in [7, 11) is 0. The van der Waals surface area contributed by atoms with Gasteiger partial charge in [0.05, 0.1) is 9.98 Å². The zero-order valence-electron chi connectivity index (χ0n) is 6.21. The first kappa shape index (κ1) is 9.41. The Balaban J connectivity index is 2.52. The number of thiazole rings is 1. The summed E-state index contributed by atoms with van der Waals surface area (Å²) in [6.07, 6.45) is 3.52. The highest BCUT2D eigenvalue weighted by Crippen LogP contribution is 2.22. The first-order valence-corrected chi connectivity index (χ1v) is 4.85. The molecule has 0 aliphatic heterocycles. The highest BCUT2D eigenvalue weighted by atomic mass is 79.9. The number of aromatic nitrogens is 1. The maximum Gasteiger partial charge on any atom is 0.229 e. The van der Waals surface area contributed by atoms with Gasteiger partial charge in [0.1, 0.15) is 0 Å². The van der Waals surface area contributed by atoms with E-state index in [1.807, 2.05) is 0 Å². The predicted octanol–water partition coefficient (Wildman–Crippen LogP) is 2.42. The number of halogens is 1. The molecule has 1 rings (SSSR count). The first-order valence-electron chi connectivity index (χ1n) is 3.24. The van der Waals surface area contributed by atoms with Crippen molar-refractivity contribution in [3.63, 3.8) is 0 Å². The van der Waals surface area contributed by atoms with Crippen molar-refractivity contribution in [2.24, 2.45) is 0 Å². The maximum absolute atomic E-state index is 11.0. The van der Waals surface area contributed by atoms with Gasteiger partial charge in [-0.1, -0.05) is 17.4 Å². The van der Waals surface area contributed by atoms with E-state index >= 15 is 0 Å². The molecule has 0 fully saturated rings. The highest BCUT2D eigenvalue weighted by molar-refractivity contribution is 9.11. The van der Waals surface area contributed by atoms with Gasteiger partial charge in [0.2, 0.25) is 5.91 Å². The van der Waals surface area contributed by atoms with Gasteiger partial charge in [-0.15, -0.1) is 6.58 Å². The number of anilines is 1. The van der Waals surface area contributed by atoms with E-state index in [4.69, 9.17) is 0 Å². The van der Waals surface area contributed by atoms with Crippen LogP contribution >= 0.6 is 27.3 Å². The van der Waals surface area contributed by atoms with Crippen LogP contribution in [0.25, 0.3) is 0 Å². The first-order chi connectivity index (χ1) is 5.72. The molecule has 0 atom stereocenters. The van der Waals surface area contributed by atoms with Crippen molar-refractivity contribution in [1.82, 2.24) is 4.98 Å². The number of nitrogens with one attached hydrogen (secondary N) is 1. The second-order valence-corrected chi connectivity index (χ2v) is 4.42. The number of nitrogens with zero attached hydrogens (tertiary/aromatic N) is 1. The van der Waals surface area contributed by atoms with Gasteiger partial charge in [0.15, 0.2) is 5.13 Å². The number of hydrogen-bond donors (Lipinski definition) is 1. The minimum absolute atomic E-state index is 0.0909. The molecule has 1 aromatic heterocycles. The third kappa shape index (κ3) is 2.75. The summed E-state index contributed by atoms with van der Waals surface area (Å²) in [6.45, 7) is 3.46. The summed E-state index contributed by atoms with van der Waals surface area (Å²) >= 11 is 4.63. The van der Waals surface area contributed by atoms with Crippen LogP contribution in [0.4, 0.5) is 5.13 Å². The summed E-state index contributed by atoms with van der Waals surface area (Å²) < 4.78 is 0.899. The molecule has 0 radical (unpaired) electrons. The van der Waals surface area contributed by atoms with Crippen molar-refractivity contribution < 1.29 is 4.79 Å². The molecule has 12 heavy (non-hydrogen) atoms. The van der Waals surface area contributed by atoms with E-state index in [0.717, 1.165) is 3.79 Å². The molecule has 64 valence electrons. The molecule has 0 saturated carbocycles. The van der Waals surface area contributed by atoms with Gasteiger partial charge in [-0.3, -0.25) is 4.79 Å². The molecule has 0 saturated heterocycles. The molecule has 1 heterocycles. The third-order valence-electron chi connectivity index (χ3n) is 1.05. The van der Waals surface area contributed by atoms with Crippen LogP contribution in [0.3, 0.4) is 0 Å². The lowest BCUT2D eigenvalue weighted by atomic mass is 10.4. The highest BCUT2D eigenvalue weighted by Gasteiger charge is 2.02. The summed E-state index contributed by atoms with van der Waals surface area (Å²) in [5.41, 5.74) is 0. The summed E-state index contributed by atoms with van der Waals surface area (Å²) in [4.78, 5) is 14.9. The maximum atomic E-state index is 11.0. The molecule has 0 aliphatic rings. The summed E-state index contributed by atoms with van der Waals surface area (Å²) in [5, 5.41) is 3.24. The monoisotopic (exact) mass is 246 g/mol. The van der Waals surface area contributed by atoms with Crippen LogP contribution in [0.15, 0.2) is 22.6 Å². The van der Waals surface area contributed by atoms with Crippen molar-refractivity contribution in [2.75, 3.05) is 5.32 Å². The van der Waals surface area contributed by atoms with Gasteiger partial charge in [-0.05, 0) is 15.9 Å². The fourth-order valence-electron chi connectivity index (χ4n) is 0.614. The summed E-state index contributed by atoms with van der Waals surface area (Å²) in [6, 6.07) is 0. The van der Waals surface area contributed by atoms with Crippen molar-refractivity contribution in [2.45, 2.75) is 6.42 Å². The van der Waals surface area contributed by atoms with Gasteiger partial charge < -0.3 is 5.32 Å². The lowest BCUT2D eigenvalue weighted by Gasteiger charge is -1.95. The van der Waals surface area contributed by atoms with Gasteiger partial charge in [-0.2, -0.15) is 0 Å². The van der Waals surface area contributed by atoms with Crippen molar-refractivity contribution in [1.29, 1.82) is 0 Å². The Hall–Kier alpha value is -0.680. The van der Waals surface area contributed by atoms with Gasteiger partial charge in [-0.25, -0.2) is 4.98 Å². The topological polar surface area (TPSA) is 42.0 Å². The van der Waals surface area contributed by atoms with E-state index in [0.29, 0.717) is 11.6 Å². The van der Waals surface area contributed by atoms with Crippen LogP contribution in [0.1, 0.15) is 6.42 Å². The zero-order chi connectivity index (χ0) is 8.97. The van der Waals surface area contributed by atoms with E-state index in [-0.39, 0.29) is 5.91 Å².